The van der Waals surface area contributed by atoms with Crippen molar-refractivity contribution in [3.8, 4) is 0 Å². The molecular weight excluding hydrogens is 299 g/mol. The molecule has 1 aromatic rings. The number of sulfonamides is 1. The minimum Gasteiger partial charge on any atom is -0.325 e. The Morgan fingerprint density at radius 3 is 2.61 bits per heavy atom. The molecule has 0 saturated carbocycles. The van der Waals surface area contributed by atoms with Gasteiger partial charge in [-0.2, -0.15) is 0 Å². The second-order valence-corrected chi connectivity index (χ2v) is 5.87. The number of hydrogen-bond acceptors (Lipinski definition) is 3. The number of halogens is 2. The van der Waals surface area contributed by atoms with Crippen molar-refractivity contribution in [2.75, 3.05) is 11.2 Å². The SMILES string of the molecule is NS(=O)(=O)c1cc(Cl)ccc1NC(=O)CCCCl. The molecule has 18 heavy (non-hydrogen) atoms. The summed E-state index contributed by atoms with van der Waals surface area (Å²) in [5.41, 5.74) is 0.112. The molecule has 0 aromatic heterocycles. The van der Waals surface area contributed by atoms with Crippen molar-refractivity contribution in [2.45, 2.75) is 17.7 Å². The summed E-state index contributed by atoms with van der Waals surface area (Å²) in [6.07, 6.45) is 0.710. The van der Waals surface area contributed by atoms with Crippen molar-refractivity contribution in [2.24, 2.45) is 5.14 Å². The van der Waals surface area contributed by atoms with Crippen molar-refractivity contribution in [3.63, 3.8) is 0 Å². The number of hydrogen-bond donors (Lipinski definition) is 2. The van der Waals surface area contributed by atoms with Crippen LogP contribution in [0.3, 0.4) is 0 Å². The number of carbonyl (C=O) groups excluding carboxylic acids is 1. The molecule has 0 fully saturated rings. The summed E-state index contributed by atoms with van der Waals surface area (Å²) < 4.78 is 22.7. The van der Waals surface area contributed by atoms with E-state index in [1.54, 1.807) is 0 Å². The Morgan fingerprint density at radius 1 is 1.39 bits per heavy atom. The quantitative estimate of drug-likeness (QED) is 0.814. The molecule has 0 aliphatic carbocycles. The Labute approximate surface area is 115 Å². The van der Waals surface area contributed by atoms with Gasteiger partial charge in [-0.3, -0.25) is 4.79 Å². The highest BCUT2D eigenvalue weighted by Gasteiger charge is 2.16. The van der Waals surface area contributed by atoms with Gasteiger partial charge in [0.25, 0.3) is 0 Å². The van der Waals surface area contributed by atoms with Crippen LogP contribution in [-0.4, -0.2) is 20.2 Å². The van der Waals surface area contributed by atoms with Gasteiger partial charge in [-0.25, -0.2) is 13.6 Å². The third kappa shape index (κ3) is 4.45. The Morgan fingerprint density at radius 2 is 2.06 bits per heavy atom. The van der Waals surface area contributed by atoms with E-state index in [1.807, 2.05) is 0 Å². The van der Waals surface area contributed by atoms with Crippen LogP contribution in [0.5, 0.6) is 0 Å². The van der Waals surface area contributed by atoms with E-state index in [1.165, 1.54) is 18.2 Å². The van der Waals surface area contributed by atoms with Gasteiger partial charge in [0.1, 0.15) is 4.90 Å². The molecule has 0 aliphatic rings. The zero-order valence-corrected chi connectivity index (χ0v) is 11.6. The standard InChI is InChI=1S/C10H12Cl2N2O3S/c11-5-1-2-10(15)14-8-4-3-7(12)6-9(8)18(13,16)17/h3-4,6H,1-2,5H2,(H,14,15)(H2,13,16,17). The normalized spacial score (nSPS) is 11.3. The first-order valence-electron chi connectivity index (χ1n) is 5.03. The van der Waals surface area contributed by atoms with Crippen LogP contribution < -0.4 is 10.5 Å². The maximum absolute atomic E-state index is 11.5. The van der Waals surface area contributed by atoms with E-state index in [0.29, 0.717) is 12.3 Å². The number of nitrogens with one attached hydrogen (secondary N) is 1. The topological polar surface area (TPSA) is 89.3 Å². The Bertz CT molecular complexity index is 546. The molecule has 100 valence electrons. The lowest BCUT2D eigenvalue weighted by Gasteiger charge is -2.09. The first kappa shape index (κ1) is 15.2. The van der Waals surface area contributed by atoms with Crippen LogP contribution in [-0.2, 0) is 14.8 Å². The first-order chi connectivity index (χ1) is 8.34. The van der Waals surface area contributed by atoms with Gasteiger partial charge in [-0.15, -0.1) is 11.6 Å². The third-order valence-electron chi connectivity index (χ3n) is 2.06. The van der Waals surface area contributed by atoms with Gasteiger partial charge in [0.15, 0.2) is 0 Å². The highest BCUT2D eigenvalue weighted by Crippen LogP contribution is 2.24. The predicted molar refractivity (Wildman–Crippen MR) is 71.4 cm³/mol. The van der Waals surface area contributed by atoms with E-state index in [-0.39, 0.29) is 27.9 Å². The van der Waals surface area contributed by atoms with Crippen molar-refractivity contribution in [3.05, 3.63) is 23.2 Å². The monoisotopic (exact) mass is 310 g/mol. The molecule has 0 radical (unpaired) electrons. The van der Waals surface area contributed by atoms with E-state index in [4.69, 9.17) is 28.3 Å². The second kappa shape index (κ2) is 6.38. The van der Waals surface area contributed by atoms with Crippen LogP contribution >= 0.6 is 23.2 Å². The number of nitrogens with two attached hydrogens (primary N) is 1. The van der Waals surface area contributed by atoms with Crippen LogP contribution in [0.4, 0.5) is 5.69 Å². The molecule has 0 unspecified atom stereocenters. The fourth-order valence-corrected chi connectivity index (χ4v) is 2.36. The highest BCUT2D eigenvalue weighted by molar-refractivity contribution is 7.89. The average Bonchev–Trinajstić information content (AvgIpc) is 2.27. The summed E-state index contributed by atoms with van der Waals surface area (Å²) in [5, 5.41) is 7.73. The van der Waals surface area contributed by atoms with Crippen molar-refractivity contribution < 1.29 is 13.2 Å². The van der Waals surface area contributed by atoms with E-state index in [0.717, 1.165) is 0 Å². The van der Waals surface area contributed by atoms with Crippen LogP contribution in [0, 0.1) is 0 Å². The maximum Gasteiger partial charge on any atom is 0.240 e. The van der Waals surface area contributed by atoms with Gasteiger partial charge in [0.05, 0.1) is 5.69 Å². The van der Waals surface area contributed by atoms with Crippen molar-refractivity contribution in [1.82, 2.24) is 0 Å². The van der Waals surface area contributed by atoms with Gasteiger partial charge >= 0.3 is 0 Å². The minimum absolute atomic E-state index is 0.112. The summed E-state index contributed by atoms with van der Waals surface area (Å²) in [4.78, 5) is 11.3. The zero-order chi connectivity index (χ0) is 13.8. The van der Waals surface area contributed by atoms with E-state index < -0.39 is 10.0 Å². The first-order valence-corrected chi connectivity index (χ1v) is 7.48. The van der Waals surface area contributed by atoms with Gasteiger partial charge in [-0.1, -0.05) is 11.6 Å². The summed E-state index contributed by atoms with van der Waals surface area (Å²) in [5.74, 6) is 0.0266. The lowest BCUT2D eigenvalue weighted by Crippen LogP contribution is -2.18. The number of carbonyl (C=O) groups is 1. The second-order valence-electron chi connectivity index (χ2n) is 3.53. The maximum atomic E-state index is 11.5. The molecule has 1 aromatic carbocycles. The molecule has 5 nitrogen and oxygen atoms in total. The predicted octanol–water partition coefficient (Wildman–Crippen LogP) is 1.94. The highest BCUT2D eigenvalue weighted by atomic mass is 35.5. The number of anilines is 1. The number of amides is 1. The largest absolute Gasteiger partial charge is 0.325 e. The van der Waals surface area contributed by atoms with Crippen LogP contribution in [0.2, 0.25) is 5.02 Å². The fraction of sp³-hybridized carbons (Fsp3) is 0.300. The molecule has 1 rings (SSSR count). The summed E-state index contributed by atoms with van der Waals surface area (Å²) in [6.45, 7) is 0. The van der Waals surface area contributed by atoms with Gasteiger partial charge < -0.3 is 5.32 Å². The molecule has 8 heteroatoms. The summed E-state index contributed by atoms with van der Waals surface area (Å²) in [6, 6.07) is 4.04. The molecule has 0 heterocycles. The zero-order valence-electron chi connectivity index (χ0n) is 9.32. The van der Waals surface area contributed by atoms with Crippen molar-refractivity contribution >= 4 is 44.8 Å². The molecular formula is C10H12Cl2N2O3S. The molecule has 0 atom stereocenters. The average molecular weight is 311 g/mol. The van der Waals surface area contributed by atoms with E-state index in [2.05, 4.69) is 5.32 Å². The van der Waals surface area contributed by atoms with Crippen LogP contribution in [0.1, 0.15) is 12.8 Å². The molecule has 0 spiro atoms. The van der Waals surface area contributed by atoms with Gasteiger partial charge in [0.2, 0.25) is 15.9 Å². The van der Waals surface area contributed by atoms with E-state index in [9.17, 15) is 13.2 Å². The smallest absolute Gasteiger partial charge is 0.240 e. The van der Waals surface area contributed by atoms with Gasteiger partial charge in [0, 0.05) is 17.3 Å². The molecule has 3 N–H and O–H groups in total. The number of alkyl halides is 1. The lowest BCUT2D eigenvalue weighted by atomic mass is 10.3. The van der Waals surface area contributed by atoms with E-state index >= 15 is 0 Å². The summed E-state index contributed by atoms with van der Waals surface area (Å²) >= 11 is 11.2. The van der Waals surface area contributed by atoms with Crippen LogP contribution in [0.15, 0.2) is 23.1 Å². The van der Waals surface area contributed by atoms with Crippen LogP contribution in [0.25, 0.3) is 0 Å². The molecule has 0 bridgehead atoms. The third-order valence-corrected chi connectivity index (χ3v) is 3.51. The fourth-order valence-electron chi connectivity index (χ4n) is 1.27. The number of rotatable bonds is 5. The lowest BCUT2D eigenvalue weighted by molar-refractivity contribution is -0.116. The van der Waals surface area contributed by atoms with Gasteiger partial charge in [-0.05, 0) is 24.6 Å². The molecule has 0 saturated heterocycles. The number of primary sulfonamides is 1. The van der Waals surface area contributed by atoms with Crippen molar-refractivity contribution in [1.29, 1.82) is 0 Å². The number of benzene rings is 1. The Kier molecular flexibility index (Phi) is 5.40. The Balaban J connectivity index is 2.99. The molecule has 1 amide bonds. The summed E-state index contributed by atoms with van der Waals surface area (Å²) in [7, 11) is -3.95. The Hall–Kier alpha value is -0.820. The minimum atomic E-state index is -3.95. The molecule has 0 aliphatic heterocycles.